The number of carbonyl (C=O) groups is 1. The zero-order chi connectivity index (χ0) is 11.9. The average Bonchev–Trinajstić information content (AvgIpc) is 2.88. The molecule has 0 aliphatic heterocycles. The Morgan fingerprint density at radius 1 is 1.41 bits per heavy atom. The van der Waals surface area contributed by atoms with Crippen LogP contribution in [0.2, 0.25) is 0 Å². The summed E-state index contributed by atoms with van der Waals surface area (Å²) in [5.74, 6) is 1.34. The third-order valence-corrected chi connectivity index (χ3v) is 2.93. The Balaban J connectivity index is 1.62. The maximum Gasteiger partial charge on any atom is 0.315 e. The van der Waals surface area contributed by atoms with Crippen molar-refractivity contribution in [3.05, 3.63) is 36.3 Å². The summed E-state index contributed by atoms with van der Waals surface area (Å²) >= 11 is 0. The van der Waals surface area contributed by atoms with E-state index >= 15 is 0 Å². The highest BCUT2D eigenvalue weighted by Crippen LogP contribution is 2.16. The molecule has 0 spiro atoms. The summed E-state index contributed by atoms with van der Waals surface area (Å²) in [6.07, 6.45) is 9.35. The number of urea groups is 1. The SMILES string of the molecule is O=C(NCc1ccco1)NCC1CC=CCC1. The Morgan fingerprint density at radius 2 is 2.35 bits per heavy atom. The van der Waals surface area contributed by atoms with Crippen molar-refractivity contribution in [1.82, 2.24) is 10.6 Å². The molecule has 1 aromatic heterocycles. The number of amides is 2. The number of hydrogen-bond donors (Lipinski definition) is 2. The van der Waals surface area contributed by atoms with Gasteiger partial charge in [-0.1, -0.05) is 12.2 Å². The van der Waals surface area contributed by atoms with Crippen molar-refractivity contribution >= 4 is 6.03 Å². The third-order valence-electron chi connectivity index (χ3n) is 2.93. The van der Waals surface area contributed by atoms with Gasteiger partial charge in [0.2, 0.25) is 0 Å². The van der Waals surface area contributed by atoms with E-state index < -0.39 is 0 Å². The maximum atomic E-state index is 11.5. The van der Waals surface area contributed by atoms with Crippen molar-refractivity contribution in [2.45, 2.75) is 25.8 Å². The van der Waals surface area contributed by atoms with Crippen LogP contribution in [-0.4, -0.2) is 12.6 Å². The highest BCUT2D eigenvalue weighted by molar-refractivity contribution is 5.73. The van der Waals surface area contributed by atoms with E-state index in [0.717, 1.165) is 31.6 Å². The molecule has 92 valence electrons. The second-order valence-electron chi connectivity index (χ2n) is 4.29. The first-order valence-electron chi connectivity index (χ1n) is 6.03. The molecule has 1 atom stereocenters. The smallest absolute Gasteiger partial charge is 0.315 e. The van der Waals surface area contributed by atoms with Gasteiger partial charge in [-0.05, 0) is 37.3 Å². The fraction of sp³-hybridized carbons (Fsp3) is 0.462. The largest absolute Gasteiger partial charge is 0.467 e. The normalized spacial score (nSPS) is 18.9. The lowest BCUT2D eigenvalue weighted by Gasteiger charge is -2.18. The first kappa shape index (κ1) is 11.8. The topological polar surface area (TPSA) is 54.3 Å². The number of furan rings is 1. The van der Waals surface area contributed by atoms with Crippen molar-refractivity contribution in [2.24, 2.45) is 5.92 Å². The van der Waals surface area contributed by atoms with Crippen LogP contribution >= 0.6 is 0 Å². The van der Waals surface area contributed by atoms with E-state index in [9.17, 15) is 4.79 Å². The Hall–Kier alpha value is -1.71. The molecule has 1 aliphatic rings. The molecule has 0 saturated carbocycles. The van der Waals surface area contributed by atoms with Crippen molar-refractivity contribution in [2.75, 3.05) is 6.54 Å². The van der Waals surface area contributed by atoms with Crippen molar-refractivity contribution < 1.29 is 9.21 Å². The minimum atomic E-state index is -0.129. The first-order valence-corrected chi connectivity index (χ1v) is 6.03. The van der Waals surface area contributed by atoms with Crippen molar-refractivity contribution in [3.63, 3.8) is 0 Å². The molecule has 2 amide bonds. The van der Waals surface area contributed by atoms with E-state index in [0.29, 0.717) is 12.5 Å². The summed E-state index contributed by atoms with van der Waals surface area (Å²) in [6.45, 7) is 1.18. The molecule has 0 aromatic carbocycles. The van der Waals surface area contributed by atoms with E-state index in [-0.39, 0.29) is 6.03 Å². The Kier molecular flexibility index (Phi) is 4.24. The standard InChI is InChI=1S/C13H18N2O2/c16-13(15-10-12-7-4-8-17-12)14-9-11-5-2-1-3-6-11/h1-2,4,7-8,11H,3,5-6,9-10H2,(H2,14,15,16). The molecule has 0 fully saturated rings. The monoisotopic (exact) mass is 234 g/mol. The lowest BCUT2D eigenvalue weighted by molar-refractivity contribution is 0.237. The van der Waals surface area contributed by atoms with Gasteiger partial charge in [0.05, 0.1) is 12.8 Å². The lowest BCUT2D eigenvalue weighted by Crippen LogP contribution is -2.38. The van der Waals surface area contributed by atoms with Crippen LogP contribution in [0, 0.1) is 5.92 Å². The Morgan fingerprint density at radius 3 is 3.06 bits per heavy atom. The third kappa shape index (κ3) is 3.98. The van der Waals surface area contributed by atoms with Gasteiger partial charge in [0.15, 0.2) is 0 Å². The minimum absolute atomic E-state index is 0.129. The van der Waals surface area contributed by atoms with Gasteiger partial charge in [0.1, 0.15) is 5.76 Å². The summed E-state index contributed by atoms with van der Waals surface area (Å²) in [5.41, 5.74) is 0. The van der Waals surface area contributed by atoms with Gasteiger partial charge in [0.25, 0.3) is 0 Å². The van der Waals surface area contributed by atoms with Crippen LogP contribution < -0.4 is 10.6 Å². The fourth-order valence-corrected chi connectivity index (χ4v) is 1.92. The fourth-order valence-electron chi connectivity index (χ4n) is 1.92. The molecule has 1 aliphatic carbocycles. The molecular weight excluding hydrogens is 216 g/mol. The number of rotatable bonds is 4. The summed E-state index contributed by atoms with van der Waals surface area (Å²) in [5, 5.41) is 5.65. The van der Waals surface area contributed by atoms with E-state index in [2.05, 4.69) is 22.8 Å². The summed E-state index contributed by atoms with van der Waals surface area (Å²) in [7, 11) is 0. The number of carbonyl (C=O) groups excluding carboxylic acids is 1. The highest BCUT2D eigenvalue weighted by Gasteiger charge is 2.11. The van der Waals surface area contributed by atoms with E-state index in [1.807, 2.05) is 12.1 Å². The molecule has 2 rings (SSSR count). The van der Waals surface area contributed by atoms with Crippen molar-refractivity contribution in [3.8, 4) is 0 Å². The van der Waals surface area contributed by atoms with Gasteiger partial charge in [-0.3, -0.25) is 0 Å². The molecule has 2 N–H and O–H groups in total. The molecule has 1 heterocycles. The number of hydrogen-bond acceptors (Lipinski definition) is 2. The molecule has 0 bridgehead atoms. The van der Waals surface area contributed by atoms with Crippen LogP contribution in [-0.2, 0) is 6.54 Å². The van der Waals surface area contributed by atoms with Gasteiger partial charge < -0.3 is 15.1 Å². The van der Waals surface area contributed by atoms with Crippen LogP contribution in [0.5, 0.6) is 0 Å². The molecule has 4 nitrogen and oxygen atoms in total. The highest BCUT2D eigenvalue weighted by atomic mass is 16.3. The van der Waals surface area contributed by atoms with Gasteiger partial charge in [0, 0.05) is 6.54 Å². The zero-order valence-electron chi connectivity index (χ0n) is 9.82. The lowest BCUT2D eigenvalue weighted by atomic mass is 9.94. The molecule has 1 unspecified atom stereocenters. The predicted molar refractivity (Wildman–Crippen MR) is 65.4 cm³/mol. The quantitative estimate of drug-likeness (QED) is 0.786. The van der Waals surface area contributed by atoms with Crippen molar-refractivity contribution in [1.29, 1.82) is 0 Å². The number of allylic oxidation sites excluding steroid dienone is 2. The molecule has 4 heteroatoms. The van der Waals surface area contributed by atoms with Crippen LogP contribution in [0.3, 0.4) is 0 Å². The Labute approximate surface area is 101 Å². The summed E-state index contributed by atoms with van der Waals surface area (Å²) < 4.78 is 5.13. The second-order valence-corrected chi connectivity index (χ2v) is 4.29. The van der Waals surface area contributed by atoms with Gasteiger partial charge in [-0.2, -0.15) is 0 Å². The average molecular weight is 234 g/mol. The summed E-state index contributed by atoms with van der Waals surface area (Å²) in [6, 6.07) is 3.52. The van der Waals surface area contributed by atoms with Crippen LogP contribution in [0.15, 0.2) is 35.0 Å². The molecular formula is C13H18N2O2. The van der Waals surface area contributed by atoms with Crippen LogP contribution in [0.1, 0.15) is 25.0 Å². The Bertz CT molecular complexity index is 371. The van der Waals surface area contributed by atoms with Crippen LogP contribution in [0.4, 0.5) is 4.79 Å². The zero-order valence-corrected chi connectivity index (χ0v) is 9.82. The van der Waals surface area contributed by atoms with E-state index in [1.54, 1.807) is 6.26 Å². The van der Waals surface area contributed by atoms with Crippen LogP contribution in [0.25, 0.3) is 0 Å². The van der Waals surface area contributed by atoms with Gasteiger partial charge >= 0.3 is 6.03 Å². The predicted octanol–water partition coefficient (Wildman–Crippen LogP) is 2.44. The number of nitrogens with one attached hydrogen (secondary N) is 2. The maximum absolute atomic E-state index is 11.5. The molecule has 17 heavy (non-hydrogen) atoms. The first-order chi connectivity index (χ1) is 8.34. The molecule has 1 aromatic rings. The summed E-state index contributed by atoms with van der Waals surface area (Å²) in [4.78, 5) is 11.5. The van der Waals surface area contributed by atoms with E-state index in [4.69, 9.17) is 4.42 Å². The minimum Gasteiger partial charge on any atom is -0.467 e. The van der Waals surface area contributed by atoms with Gasteiger partial charge in [-0.15, -0.1) is 0 Å². The molecule has 0 saturated heterocycles. The van der Waals surface area contributed by atoms with E-state index in [1.165, 1.54) is 0 Å². The second kappa shape index (κ2) is 6.13. The molecule has 0 radical (unpaired) electrons. The van der Waals surface area contributed by atoms with Gasteiger partial charge in [-0.25, -0.2) is 4.79 Å².